The zero-order valence-electron chi connectivity index (χ0n) is 21.3. The molecule has 0 saturated carbocycles. The summed E-state index contributed by atoms with van der Waals surface area (Å²) in [6.45, 7) is 13.7. The molecule has 0 aliphatic rings. The molecule has 182 valence electrons. The van der Waals surface area contributed by atoms with E-state index in [4.69, 9.17) is 4.74 Å². The number of methoxy groups -OCH3 is 1. The number of ether oxygens (including phenoxy) is 1. The van der Waals surface area contributed by atoms with Crippen LogP contribution in [0.4, 0.5) is 5.69 Å². The number of amides is 1. The van der Waals surface area contributed by atoms with E-state index in [9.17, 15) is 13.2 Å². The Labute approximate surface area is 199 Å². The number of rotatable bonds is 9. The van der Waals surface area contributed by atoms with E-state index in [-0.39, 0.29) is 17.9 Å². The van der Waals surface area contributed by atoms with Crippen LogP contribution in [0.2, 0.25) is 0 Å². The van der Waals surface area contributed by atoms with Crippen molar-refractivity contribution in [2.24, 2.45) is 0 Å². The van der Waals surface area contributed by atoms with Crippen LogP contribution >= 0.6 is 0 Å². The predicted octanol–water partition coefficient (Wildman–Crippen LogP) is 5.17. The first kappa shape index (κ1) is 26.7. The van der Waals surface area contributed by atoms with Crippen molar-refractivity contribution in [2.45, 2.75) is 72.9 Å². The Hall–Kier alpha value is -2.54. The molecule has 2 atom stereocenters. The first-order chi connectivity index (χ1) is 15.3. The third-order valence-electron chi connectivity index (χ3n) is 6.00. The molecule has 0 aliphatic carbocycles. The number of aryl methyl sites for hydroxylation is 3. The molecule has 0 spiro atoms. The first-order valence-corrected chi connectivity index (χ1v) is 13.2. The largest absolute Gasteiger partial charge is 0.496 e. The molecule has 0 aromatic heterocycles. The number of benzene rings is 2. The lowest BCUT2D eigenvalue weighted by atomic mass is 9.93. The van der Waals surface area contributed by atoms with Crippen LogP contribution in [0.5, 0.6) is 5.75 Å². The van der Waals surface area contributed by atoms with Crippen LogP contribution in [0.15, 0.2) is 30.3 Å². The van der Waals surface area contributed by atoms with Crippen LogP contribution in [-0.2, 0) is 14.8 Å². The molecule has 0 heterocycles. The highest BCUT2D eigenvalue weighted by molar-refractivity contribution is 7.92. The lowest BCUT2D eigenvalue weighted by Gasteiger charge is -2.32. The summed E-state index contributed by atoms with van der Waals surface area (Å²) in [7, 11) is -2.04. The summed E-state index contributed by atoms with van der Waals surface area (Å²) in [4.78, 5) is 13.4. The van der Waals surface area contributed by atoms with Gasteiger partial charge in [0, 0.05) is 0 Å². The molecule has 7 heteroatoms. The molecule has 1 N–H and O–H groups in total. The number of carbonyl (C=O) groups excluding carboxylic acids is 1. The average molecular weight is 475 g/mol. The van der Waals surface area contributed by atoms with E-state index >= 15 is 0 Å². The maximum absolute atomic E-state index is 13.4. The molecule has 0 bridgehead atoms. The van der Waals surface area contributed by atoms with Gasteiger partial charge in [0.2, 0.25) is 15.9 Å². The van der Waals surface area contributed by atoms with E-state index < -0.39 is 16.1 Å². The summed E-state index contributed by atoms with van der Waals surface area (Å²) in [5.41, 5.74) is 5.34. The Morgan fingerprint density at radius 2 is 1.67 bits per heavy atom. The SMILES string of the molecule is CC[C@H](C(=O)N[C@H](C)c1cc(C(C)C)c(OC)cc1C)N(c1cc(C)ccc1C)S(C)(=O)=O. The van der Waals surface area contributed by atoms with Gasteiger partial charge in [-0.3, -0.25) is 9.10 Å². The molecule has 0 radical (unpaired) electrons. The van der Waals surface area contributed by atoms with Gasteiger partial charge in [0.05, 0.1) is 25.1 Å². The molecule has 0 saturated heterocycles. The van der Waals surface area contributed by atoms with E-state index in [1.807, 2.05) is 58.9 Å². The van der Waals surface area contributed by atoms with Crippen molar-refractivity contribution in [3.8, 4) is 5.75 Å². The number of sulfonamides is 1. The van der Waals surface area contributed by atoms with Gasteiger partial charge in [0.1, 0.15) is 11.8 Å². The van der Waals surface area contributed by atoms with Gasteiger partial charge >= 0.3 is 0 Å². The zero-order valence-corrected chi connectivity index (χ0v) is 22.1. The molecule has 0 aliphatic heterocycles. The highest BCUT2D eigenvalue weighted by atomic mass is 32.2. The summed E-state index contributed by atoms with van der Waals surface area (Å²) in [5, 5.41) is 3.06. The lowest BCUT2D eigenvalue weighted by Crippen LogP contribution is -2.50. The second-order valence-corrected chi connectivity index (χ2v) is 11.0. The normalized spacial score (nSPS) is 13.5. The van der Waals surface area contributed by atoms with Gasteiger partial charge in [-0.25, -0.2) is 8.42 Å². The molecule has 2 aromatic rings. The van der Waals surface area contributed by atoms with Crippen LogP contribution in [0.1, 0.15) is 73.9 Å². The minimum absolute atomic E-state index is 0.260. The number of anilines is 1. The van der Waals surface area contributed by atoms with Gasteiger partial charge in [-0.15, -0.1) is 0 Å². The second kappa shape index (κ2) is 10.6. The summed E-state index contributed by atoms with van der Waals surface area (Å²) in [6, 6.07) is 8.54. The number of nitrogens with zero attached hydrogens (tertiary/aromatic N) is 1. The maximum atomic E-state index is 13.4. The monoisotopic (exact) mass is 474 g/mol. The first-order valence-electron chi connectivity index (χ1n) is 11.4. The molecular weight excluding hydrogens is 436 g/mol. The number of hydrogen-bond donors (Lipinski definition) is 1. The lowest BCUT2D eigenvalue weighted by molar-refractivity contribution is -0.122. The number of hydrogen-bond acceptors (Lipinski definition) is 4. The van der Waals surface area contributed by atoms with Gasteiger partial charge in [0.15, 0.2) is 0 Å². The van der Waals surface area contributed by atoms with Gasteiger partial charge in [-0.1, -0.05) is 32.9 Å². The van der Waals surface area contributed by atoms with Crippen molar-refractivity contribution in [3.05, 3.63) is 58.1 Å². The Morgan fingerprint density at radius 3 is 2.18 bits per heavy atom. The standard InChI is InChI=1S/C26H38N2O4S/c1-10-23(28(33(9,30)31)24-13-17(4)11-12-18(24)5)26(29)27-20(7)22-15-21(16(2)3)25(32-8)14-19(22)6/h11-16,20,23H,10H2,1-9H3,(H,27,29)/t20-,23-/m1/s1. The summed E-state index contributed by atoms with van der Waals surface area (Å²) < 4.78 is 32.5. The fraction of sp³-hybridized carbons (Fsp3) is 0.500. The number of carbonyl (C=O) groups is 1. The summed E-state index contributed by atoms with van der Waals surface area (Å²) in [5.74, 6) is 0.766. The summed E-state index contributed by atoms with van der Waals surface area (Å²) >= 11 is 0. The van der Waals surface area contributed by atoms with Crippen LogP contribution in [0, 0.1) is 20.8 Å². The molecule has 1 amide bonds. The molecule has 33 heavy (non-hydrogen) atoms. The van der Waals surface area contributed by atoms with Crippen LogP contribution < -0.4 is 14.4 Å². The van der Waals surface area contributed by atoms with Crippen LogP contribution in [0.25, 0.3) is 0 Å². The van der Waals surface area contributed by atoms with Crippen molar-refractivity contribution in [2.75, 3.05) is 17.7 Å². The van der Waals surface area contributed by atoms with Crippen molar-refractivity contribution >= 4 is 21.6 Å². The van der Waals surface area contributed by atoms with E-state index in [0.717, 1.165) is 39.8 Å². The minimum atomic E-state index is -3.69. The predicted molar refractivity (Wildman–Crippen MR) is 136 cm³/mol. The highest BCUT2D eigenvalue weighted by Gasteiger charge is 2.33. The van der Waals surface area contributed by atoms with Crippen LogP contribution in [0.3, 0.4) is 0 Å². The van der Waals surface area contributed by atoms with Crippen molar-refractivity contribution in [3.63, 3.8) is 0 Å². The van der Waals surface area contributed by atoms with Gasteiger partial charge < -0.3 is 10.1 Å². The third-order valence-corrected chi connectivity index (χ3v) is 7.16. The van der Waals surface area contributed by atoms with E-state index in [1.54, 1.807) is 7.11 Å². The van der Waals surface area contributed by atoms with Gasteiger partial charge in [0.25, 0.3) is 0 Å². The van der Waals surface area contributed by atoms with E-state index in [2.05, 4.69) is 25.2 Å². The Kier molecular flexibility index (Phi) is 8.57. The molecule has 0 fully saturated rings. The highest BCUT2D eigenvalue weighted by Crippen LogP contribution is 2.33. The maximum Gasteiger partial charge on any atom is 0.244 e. The average Bonchev–Trinajstić information content (AvgIpc) is 2.72. The smallest absolute Gasteiger partial charge is 0.244 e. The Morgan fingerprint density at radius 1 is 1.03 bits per heavy atom. The second-order valence-electron chi connectivity index (χ2n) is 9.11. The van der Waals surface area contributed by atoms with Gasteiger partial charge in [-0.2, -0.15) is 0 Å². The quantitative estimate of drug-likeness (QED) is 0.544. The molecule has 6 nitrogen and oxygen atoms in total. The van der Waals surface area contributed by atoms with Crippen molar-refractivity contribution < 1.29 is 17.9 Å². The fourth-order valence-corrected chi connectivity index (χ4v) is 5.45. The van der Waals surface area contributed by atoms with E-state index in [0.29, 0.717) is 12.1 Å². The topological polar surface area (TPSA) is 75.7 Å². The Bertz CT molecular complexity index is 1110. The number of nitrogens with one attached hydrogen (secondary N) is 1. The summed E-state index contributed by atoms with van der Waals surface area (Å²) in [6.07, 6.45) is 1.49. The van der Waals surface area contributed by atoms with Crippen molar-refractivity contribution in [1.29, 1.82) is 0 Å². The van der Waals surface area contributed by atoms with Gasteiger partial charge in [-0.05, 0) is 86.1 Å². The molecule has 2 aromatic carbocycles. The third kappa shape index (κ3) is 6.08. The van der Waals surface area contributed by atoms with E-state index in [1.165, 1.54) is 4.31 Å². The van der Waals surface area contributed by atoms with Crippen molar-refractivity contribution in [1.82, 2.24) is 5.32 Å². The Balaban J connectivity index is 2.44. The van der Waals surface area contributed by atoms with Crippen LogP contribution in [-0.4, -0.2) is 33.7 Å². The zero-order chi connectivity index (χ0) is 25.1. The molecule has 2 rings (SSSR count). The molecular formula is C26H38N2O4S. The fourth-order valence-electron chi connectivity index (χ4n) is 4.19. The minimum Gasteiger partial charge on any atom is -0.496 e. The molecule has 0 unspecified atom stereocenters.